The maximum absolute atomic E-state index is 12.7. The zero-order valence-electron chi connectivity index (χ0n) is 10.8. The number of amides is 1. The van der Waals surface area contributed by atoms with Crippen LogP contribution in [0.5, 0.6) is 0 Å². The maximum Gasteiger partial charge on any atom is 0.391 e. The average molecular weight is 279 g/mol. The van der Waals surface area contributed by atoms with Crippen LogP contribution in [0.3, 0.4) is 0 Å². The third kappa shape index (κ3) is 3.22. The molecule has 3 nitrogen and oxygen atoms in total. The maximum atomic E-state index is 12.7. The molecule has 0 bridgehead atoms. The Morgan fingerprint density at radius 2 is 1.95 bits per heavy atom. The summed E-state index contributed by atoms with van der Waals surface area (Å²) in [5.41, 5.74) is 0. The number of hydrogen-bond donors (Lipinski definition) is 1. The lowest BCUT2D eigenvalue weighted by molar-refractivity contribution is -0.187. The Bertz CT molecular complexity index is 332. The van der Waals surface area contributed by atoms with Crippen molar-refractivity contribution in [2.45, 2.75) is 50.7 Å². The number of aliphatic hydroxyl groups excluding tert-OH is 1. The van der Waals surface area contributed by atoms with Crippen LogP contribution in [0, 0.1) is 11.8 Å². The van der Waals surface area contributed by atoms with Crippen molar-refractivity contribution in [2.75, 3.05) is 13.2 Å². The van der Waals surface area contributed by atoms with Gasteiger partial charge in [0.1, 0.15) is 0 Å². The molecule has 0 radical (unpaired) electrons. The van der Waals surface area contributed by atoms with E-state index in [9.17, 15) is 23.1 Å². The molecule has 2 fully saturated rings. The third-order valence-electron chi connectivity index (χ3n) is 4.36. The van der Waals surface area contributed by atoms with Gasteiger partial charge in [-0.3, -0.25) is 4.79 Å². The van der Waals surface area contributed by atoms with E-state index in [1.807, 2.05) is 0 Å². The van der Waals surface area contributed by atoms with Gasteiger partial charge in [0.05, 0.1) is 18.6 Å². The van der Waals surface area contributed by atoms with Gasteiger partial charge in [0.15, 0.2) is 0 Å². The summed E-state index contributed by atoms with van der Waals surface area (Å²) in [4.78, 5) is 13.9. The van der Waals surface area contributed by atoms with Gasteiger partial charge >= 0.3 is 6.18 Å². The summed E-state index contributed by atoms with van der Waals surface area (Å²) in [6.07, 6.45) is -1.57. The highest BCUT2D eigenvalue weighted by atomic mass is 19.4. The molecule has 1 saturated carbocycles. The molecule has 1 aliphatic heterocycles. The smallest absolute Gasteiger partial charge is 0.391 e. The standard InChI is InChI=1S/C13H20F3NO2/c14-13(15,16)10-4-1-3-9(7-10)12(19)17-6-2-5-11(17)8-18/h9-11,18H,1-8H2/t9?,10?,11-/m1/s1. The van der Waals surface area contributed by atoms with Crippen LogP contribution in [0.2, 0.25) is 0 Å². The molecule has 0 aromatic rings. The van der Waals surface area contributed by atoms with Crippen LogP contribution in [-0.4, -0.2) is 41.3 Å². The molecule has 19 heavy (non-hydrogen) atoms. The molecule has 1 amide bonds. The van der Waals surface area contributed by atoms with Gasteiger partial charge in [-0.2, -0.15) is 13.2 Å². The number of alkyl halides is 3. The fraction of sp³-hybridized carbons (Fsp3) is 0.923. The Morgan fingerprint density at radius 1 is 1.21 bits per heavy atom. The molecular formula is C13H20F3NO2. The Balaban J connectivity index is 1.99. The lowest BCUT2D eigenvalue weighted by Gasteiger charge is -2.33. The minimum absolute atomic E-state index is 0.0863. The van der Waals surface area contributed by atoms with Gasteiger partial charge in [0.2, 0.25) is 5.91 Å². The topological polar surface area (TPSA) is 40.5 Å². The number of nitrogens with zero attached hydrogens (tertiary/aromatic N) is 1. The second kappa shape index (κ2) is 5.69. The van der Waals surface area contributed by atoms with Crippen LogP contribution in [0.15, 0.2) is 0 Å². The highest BCUT2D eigenvalue weighted by Gasteiger charge is 2.45. The number of rotatable bonds is 2. The molecule has 1 heterocycles. The Morgan fingerprint density at radius 3 is 2.58 bits per heavy atom. The van der Waals surface area contributed by atoms with E-state index in [1.54, 1.807) is 4.90 Å². The van der Waals surface area contributed by atoms with Gasteiger partial charge in [-0.05, 0) is 32.1 Å². The monoisotopic (exact) mass is 279 g/mol. The molecule has 0 aromatic heterocycles. The van der Waals surface area contributed by atoms with E-state index in [-0.39, 0.29) is 31.4 Å². The largest absolute Gasteiger partial charge is 0.394 e. The van der Waals surface area contributed by atoms with E-state index in [1.165, 1.54) is 0 Å². The molecule has 0 aromatic carbocycles. The lowest BCUT2D eigenvalue weighted by Crippen LogP contribution is -2.43. The zero-order chi connectivity index (χ0) is 14.0. The number of aliphatic hydroxyl groups is 1. The van der Waals surface area contributed by atoms with Gasteiger partial charge in [-0.25, -0.2) is 0 Å². The highest BCUT2D eigenvalue weighted by molar-refractivity contribution is 5.79. The van der Waals surface area contributed by atoms with Crippen LogP contribution in [0.25, 0.3) is 0 Å². The third-order valence-corrected chi connectivity index (χ3v) is 4.36. The summed E-state index contributed by atoms with van der Waals surface area (Å²) in [6.45, 7) is 0.471. The Kier molecular flexibility index (Phi) is 4.38. The van der Waals surface area contributed by atoms with Crippen LogP contribution < -0.4 is 0 Å². The van der Waals surface area contributed by atoms with Crippen molar-refractivity contribution in [1.29, 1.82) is 0 Å². The quantitative estimate of drug-likeness (QED) is 0.843. The molecule has 1 aliphatic carbocycles. The van der Waals surface area contributed by atoms with Gasteiger partial charge in [-0.1, -0.05) is 6.42 Å². The number of carbonyl (C=O) groups excluding carboxylic acids is 1. The molecule has 6 heteroatoms. The summed E-state index contributed by atoms with van der Waals surface area (Å²) >= 11 is 0. The van der Waals surface area contributed by atoms with E-state index in [2.05, 4.69) is 0 Å². The molecule has 3 atom stereocenters. The number of likely N-dealkylation sites (tertiary alicyclic amines) is 1. The fourth-order valence-electron chi connectivity index (χ4n) is 3.26. The van der Waals surface area contributed by atoms with Gasteiger partial charge in [-0.15, -0.1) is 0 Å². The first kappa shape index (κ1) is 14.6. The first-order chi connectivity index (χ1) is 8.93. The molecule has 1 saturated heterocycles. The number of hydrogen-bond acceptors (Lipinski definition) is 2. The van der Waals surface area contributed by atoms with Gasteiger partial charge in [0.25, 0.3) is 0 Å². The van der Waals surface area contributed by atoms with Crippen molar-refractivity contribution >= 4 is 5.91 Å². The van der Waals surface area contributed by atoms with Crippen molar-refractivity contribution < 1.29 is 23.1 Å². The van der Waals surface area contributed by atoms with Crippen molar-refractivity contribution in [3.8, 4) is 0 Å². The minimum Gasteiger partial charge on any atom is -0.394 e. The zero-order valence-corrected chi connectivity index (χ0v) is 10.8. The molecule has 2 unspecified atom stereocenters. The normalized spacial score (nSPS) is 32.6. The summed E-state index contributed by atoms with van der Waals surface area (Å²) in [6, 6.07) is -0.196. The van der Waals surface area contributed by atoms with Crippen molar-refractivity contribution in [1.82, 2.24) is 4.90 Å². The van der Waals surface area contributed by atoms with Crippen LogP contribution in [0.1, 0.15) is 38.5 Å². The first-order valence-electron chi connectivity index (χ1n) is 6.91. The van der Waals surface area contributed by atoms with Gasteiger partial charge in [0, 0.05) is 12.5 Å². The lowest BCUT2D eigenvalue weighted by atomic mass is 9.80. The molecule has 2 aliphatic rings. The summed E-state index contributed by atoms with van der Waals surface area (Å²) in [5, 5.41) is 9.19. The van der Waals surface area contributed by atoms with Crippen LogP contribution >= 0.6 is 0 Å². The number of halogens is 3. The van der Waals surface area contributed by atoms with E-state index in [0.29, 0.717) is 19.4 Å². The van der Waals surface area contributed by atoms with Crippen LogP contribution in [-0.2, 0) is 4.79 Å². The Labute approximate surface area is 110 Å². The summed E-state index contributed by atoms with van der Waals surface area (Å²) < 4.78 is 38.2. The molecule has 0 spiro atoms. The first-order valence-corrected chi connectivity index (χ1v) is 6.91. The molecule has 1 N–H and O–H groups in total. The SMILES string of the molecule is O=C(C1CCCC(C(F)(F)F)C1)N1CCC[C@@H]1CO. The molecular weight excluding hydrogens is 259 g/mol. The van der Waals surface area contributed by atoms with E-state index >= 15 is 0 Å². The second-order valence-corrected chi connectivity index (χ2v) is 5.61. The second-order valence-electron chi connectivity index (χ2n) is 5.61. The van der Waals surface area contributed by atoms with Crippen molar-refractivity contribution in [3.05, 3.63) is 0 Å². The van der Waals surface area contributed by atoms with E-state index in [4.69, 9.17) is 0 Å². The summed E-state index contributed by atoms with van der Waals surface area (Å²) in [7, 11) is 0. The summed E-state index contributed by atoms with van der Waals surface area (Å²) in [5.74, 6) is -2.05. The van der Waals surface area contributed by atoms with Crippen molar-refractivity contribution in [2.24, 2.45) is 11.8 Å². The predicted molar refractivity (Wildman–Crippen MR) is 63.3 cm³/mol. The molecule has 2 rings (SSSR count). The Hall–Kier alpha value is -0.780. The number of carbonyl (C=O) groups is 1. The highest BCUT2D eigenvalue weighted by Crippen LogP contribution is 2.40. The van der Waals surface area contributed by atoms with Crippen LogP contribution in [0.4, 0.5) is 13.2 Å². The molecule has 110 valence electrons. The predicted octanol–water partition coefficient (Wildman–Crippen LogP) is 2.34. The van der Waals surface area contributed by atoms with Gasteiger partial charge < -0.3 is 10.0 Å². The fourth-order valence-corrected chi connectivity index (χ4v) is 3.26. The van der Waals surface area contributed by atoms with E-state index in [0.717, 1.165) is 12.8 Å². The van der Waals surface area contributed by atoms with E-state index < -0.39 is 18.0 Å². The van der Waals surface area contributed by atoms with Crippen molar-refractivity contribution in [3.63, 3.8) is 0 Å². The minimum atomic E-state index is -4.19. The average Bonchev–Trinajstić information content (AvgIpc) is 2.85.